The summed E-state index contributed by atoms with van der Waals surface area (Å²) in [4.78, 5) is 6.80. The van der Waals surface area contributed by atoms with Crippen LogP contribution in [0.2, 0.25) is 0 Å². The summed E-state index contributed by atoms with van der Waals surface area (Å²) in [6.45, 7) is 5.63. The Morgan fingerprint density at radius 3 is 2.39 bits per heavy atom. The van der Waals surface area contributed by atoms with Gasteiger partial charge < -0.3 is 15.4 Å². The smallest absolute Gasteiger partial charge is 0.416 e. The molecule has 1 unspecified atom stereocenters. The quantitative estimate of drug-likeness (QED) is 0.179. The summed E-state index contributed by atoms with van der Waals surface area (Å²) in [6, 6.07) is 8.15. The third-order valence-corrected chi connectivity index (χ3v) is 8.21. The Balaban J connectivity index is 1.51. The highest BCUT2D eigenvalue weighted by molar-refractivity contribution is 7.80. The Kier molecular flexibility index (Phi) is 7.90. The molecule has 3 saturated heterocycles. The number of rotatable bonds is 6. The van der Waals surface area contributed by atoms with E-state index in [0.29, 0.717) is 35.2 Å². The first kappa shape index (κ1) is 29.1. The van der Waals surface area contributed by atoms with E-state index in [1.54, 1.807) is 19.4 Å². The number of hydrogen-bond donors (Lipinski definition) is 2. The molecule has 3 aliphatic rings. The summed E-state index contributed by atoms with van der Waals surface area (Å²) in [7, 11) is 1.55. The highest BCUT2D eigenvalue weighted by atomic mass is 32.1. The van der Waals surface area contributed by atoms with Gasteiger partial charge in [0.25, 0.3) is 0 Å². The number of alkyl halides is 6. The molecule has 0 amide bonds. The molecule has 41 heavy (non-hydrogen) atoms. The van der Waals surface area contributed by atoms with Crippen LogP contribution in [0.4, 0.5) is 32.0 Å². The van der Waals surface area contributed by atoms with E-state index in [-0.39, 0.29) is 17.2 Å². The predicted molar refractivity (Wildman–Crippen MR) is 149 cm³/mol. The molecule has 3 fully saturated rings. The Morgan fingerprint density at radius 1 is 1.10 bits per heavy atom. The van der Waals surface area contributed by atoms with Crippen LogP contribution >= 0.6 is 12.2 Å². The molecule has 5 nitrogen and oxygen atoms in total. The zero-order valence-corrected chi connectivity index (χ0v) is 22.8. The third kappa shape index (κ3) is 6.13. The number of nitrogens with zero attached hydrogens (tertiary/aromatic N) is 2. The summed E-state index contributed by atoms with van der Waals surface area (Å²) in [5, 5.41) is 6.52. The molecular formula is C29H28F6N4OS. The molecule has 0 saturated carbocycles. The maximum Gasteiger partial charge on any atom is 0.416 e. The van der Waals surface area contributed by atoms with Crippen LogP contribution in [0.3, 0.4) is 0 Å². The largest absolute Gasteiger partial charge is 0.497 e. The fraction of sp³-hybridized carbons (Fsp3) is 0.379. The first-order valence-corrected chi connectivity index (χ1v) is 13.4. The number of ether oxygens (including phenoxy) is 1. The van der Waals surface area contributed by atoms with Gasteiger partial charge in [-0.15, -0.1) is 6.58 Å². The van der Waals surface area contributed by atoms with E-state index in [9.17, 15) is 26.3 Å². The van der Waals surface area contributed by atoms with Crippen molar-refractivity contribution in [2.45, 2.75) is 37.3 Å². The Bertz CT molecular complexity index is 1430. The van der Waals surface area contributed by atoms with Crippen LogP contribution in [0.1, 0.15) is 35.6 Å². The summed E-state index contributed by atoms with van der Waals surface area (Å²) in [6.07, 6.45) is -4.48. The Labute approximate surface area is 238 Å². The molecule has 3 aromatic rings. The number of benzene rings is 2. The predicted octanol–water partition coefficient (Wildman–Crippen LogP) is 7.21. The first-order chi connectivity index (χ1) is 19.4. The molecule has 0 spiro atoms. The number of piperidine rings is 3. The van der Waals surface area contributed by atoms with Crippen LogP contribution in [0.15, 0.2) is 61.3 Å². The minimum Gasteiger partial charge on any atom is -0.497 e. The van der Waals surface area contributed by atoms with Gasteiger partial charge >= 0.3 is 12.4 Å². The number of hydrogen-bond acceptors (Lipinski definition) is 4. The fourth-order valence-electron chi connectivity index (χ4n) is 5.99. The van der Waals surface area contributed by atoms with Crippen molar-refractivity contribution in [3.63, 3.8) is 0 Å². The Hall–Kier alpha value is -3.38. The van der Waals surface area contributed by atoms with Crippen molar-refractivity contribution in [3.05, 3.63) is 78.0 Å². The van der Waals surface area contributed by atoms with Crippen molar-refractivity contribution in [3.8, 4) is 5.75 Å². The van der Waals surface area contributed by atoms with Crippen molar-refractivity contribution >= 4 is 33.9 Å². The minimum absolute atomic E-state index is 0.0475. The second kappa shape index (κ2) is 11.1. The minimum atomic E-state index is -4.97. The first-order valence-electron chi connectivity index (χ1n) is 13.0. The lowest BCUT2D eigenvalue weighted by Gasteiger charge is -2.52. The van der Waals surface area contributed by atoms with Gasteiger partial charge in [0.05, 0.1) is 29.8 Å². The number of anilines is 1. The van der Waals surface area contributed by atoms with E-state index in [2.05, 4.69) is 27.1 Å². The highest BCUT2D eigenvalue weighted by Gasteiger charge is 2.43. The molecule has 2 bridgehead atoms. The number of aromatic nitrogens is 1. The normalized spacial score (nSPS) is 23.2. The van der Waals surface area contributed by atoms with Gasteiger partial charge in [-0.05, 0) is 91.5 Å². The summed E-state index contributed by atoms with van der Waals surface area (Å²) in [5.41, 5.74) is -1.71. The van der Waals surface area contributed by atoms with E-state index in [1.807, 2.05) is 24.3 Å². The molecule has 0 aliphatic carbocycles. The van der Waals surface area contributed by atoms with E-state index in [0.717, 1.165) is 36.9 Å². The monoisotopic (exact) mass is 594 g/mol. The topological polar surface area (TPSA) is 49.4 Å². The third-order valence-electron chi connectivity index (χ3n) is 7.99. The van der Waals surface area contributed by atoms with Crippen molar-refractivity contribution < 1.29 is 31.1 Å². The average Bonchev–Trinajstić information content (AvgIpc) is 2.94. The van der Waals surface area contributed by atoms with Gasteiger partial charge in [0.1, 0.15) is 5.75 Å². The van der Waals surface area contributed by atoms with Gasteiger partial charge in [-0.3, -0.25) is 9.88 Å². The molecule has 218 valence electrons. The van der Waals surface area contributed by atoms with Crippen LogP contribution in [-0.4, -0.2) is 41.2 Å². The lowest BCUT2D eigenvalue weighted by molar-refractivity contribution is -0.143. The van der Waals surface area contributed by atoms with Crippen LogP contribution in [0.25, 0.3) is 10.9 Å². The van der Waals surface area contributed by atoms with E-state index >= 15 is 0 Å². The lowest BCUT2D eigenvalue weighted by Crippen LogP contribution is -2.57. The van der Waals surface area contributed by atoms with Crippen molar-refractivity contribution in [1.29, 1.82) is 0 Å². The lowest BCUT2D eigenvalue weighted by atomic mass is 9.73. The highest BCUT2D eigenvalue weighted by Crippen LogP contribution is 2.43. The number of thiocarbonyl (C=S) groups is 1. The second-order valence-electron chi connectivity index (χ2n) is 10.4. The second-order valence-corrected chi connectivity index (χ2v) is 10.8. The van der Waals surface area contributed by atoms with E-state index < -0.39 is 35.2 Å². The molecule has 5 atom stereocenters. The molecule has 4 heterocycles. The van der Waals surface area contributed by atoms with Crippen LogP contribution in [0.5, 0.6) is 5.75 Å². The number of halogens is 6. The molecular weight excluding hydrogens is 566 g/mol. The number of nitrogens with one attached hydrogen (secondary N) is 2. The van der Waals surface area contributed by atoms with Gasteiger partial charge in [0, 0.05) is 29.9 Å². The average molecular weight is 595 g/mol. The van der Waals surface area contributed by atoms with E-state index in [4.69, 9.17) is 17.0 Å². The van der Waals surface area contributed by atoms with Crippen LogP contribution in [0, 0.1) is 11.8 Å². The fourth-order valence-corrected chi connectivity index (χ4v) is 6.23. The maximum atomic E-state index is 13.4. The number of fused-ring (bicyclic) bond motifs is 4. The van der Waals surface area contributed by atoms with Crippen molar-refractivity contribution in [2.75, 3.05) is 25.5 Å². The van der Waals surface area contributed by atoms with Crippen LogP contribution in [-0.2, 0) is 12.4 Å². The van der Waals surface area contributed by atoms with Gasteiger partial charge in [0.2, 0.25) is 0 Å². The zero-order chi connectivity index (χ0) is 29.5. The number of pyridine rings is 1. The molecule has 1 aromatic heterocycles. The van der Waals surface area contributed by atoms with Gasteiger partial charge in [-0.1, -0.05) is 6.08 Å². The van der Waals surface area contributed by atoms with Crippen LogP contribution < -0.4 is 15.4 Å². The summed E-state index contributed by atoms with van der Waals surface area (Å²) >= 11 is 5.50. The van der Waals surface area contributed by atoms with Crippen molar-refractivity contribution in [1.82, 2.24) is 15.2 Å². The standard InChI is InChI=1S/C29H28F6N4OS/c1-3-16-15-39-9-7-17(16)10-25(39)26(22-6-8-36-24-5-4-21(40-2)14-23(22)24)38-27(41)37-20-12-18(28(30,31)32)11-19(13-20)29(33,34)35/h3-6,8,11-14,16-17,25-26H,1,7,9-10,15H2,2H3,(H2,37,38,41)/t16-,17+,25+,26+/m0/s1. The van der Waals surface area contributed by atoms with Gasteiger partial charge in [-0.2, -0.15) is 26.3 Å². The van der Waals surface area contributed by atoms with E-state index in [1.165, 1.54) is 0 Å². The molecule has 12 heteroatoms. The molecule has 2 aromatic carbocycles. The molecule has 3 aliphatic heterocycles. The van der Waals surface area contributed by atoms with Gasteiger partial charge in [-0.25, -0.2) is 0 Å². The van der Waals surface area contributed by atoms with Gasteiger partial charge in [0.15, 0.2) is 5.11 Å². The van der Waals surface area contributed by atoms with Crippen molar-refractivity contribution in [2.24, 2.45) is 11.8 Å². The Morgan fingerprint density at radius 2 is 1.80 bits per heavy atom. The number of methoxy groups -OCH3 is 1. The zero-order valence-electron chi connectivity index (χ0n) is 22.0. The summed E-state index contributed by atoms with van der Waals surface area (Å²) in [5.74, 6) is 1.35. The molecule has 6 rings (SSSR count). The molecule has 0 radical (unpaired) electrons. The maximum absolute atomic E-state index is 13.4. The SMILES string of the molecule is C=C[C@H]1CN2CC[C@@H]1C[C@@H]2[C@H](NC(=S)Nc1cc(C(F)(F)F)cc(C(F)(F)F)c1)c1ccnc2ccc(OC)cc12. The molecule has 2 N–H and O–H groups in total. The summed E-state index contributed by atoms with van der Waals surface area (Å²) < 4.78 is 86.0.